The van der Waals surface area contributed by atoms with Gasteiger partial charge >= 0.3 is 11.7 Å². The normalized spacial score (nSPS) is 10.6. The van der Waals surface area contributed by atoms with Crippen LogP contribution in [0.25, 0.3) is 5.69 Å². The lowest BCUT2D eigenvalue weighted by atomic mass is 10.3. The van der Waals surface area contributed by atoms with Crippen molar-refractivity contribution in [2.24, 2.45) is 0 Å². The average Bonchev–Trinajstić information content (AvgIpc) is 2.97. The highest BCUT2D eigenvalue weighted by Crippen LogP contribution is 2.28. The molecule has 0 aliphatic rings. The third-order valence-corrected chi connectivity index (χ3v) is 3.34. The number of benzene rings is 2. The minimum atomic E-state index is -1.09. The number of carbonyl (C=O) groups excluding carboxylic acids is 1. The molecule has 0 unspecified atom stereocenters. The molecule has 10 heteroatoms. The third-order valence-electron chi connectivity index (χ3n) is 3.34. The van der Waals surface area contributed by atoms with Crippen LogP contribution in [0.5, 0.6) is 5.75 Å². The zero-order valence-electron chi connectivity index (χ0n) is 13.2. The van der Waals surface area contributed by atoms with Crippen LogP contribution in [0.1, 0.15) is 16.4 Å². The van der Waals surface area contributed by atoms with Gasteiger partial charge in [-0.05, 0) is 37.3 Å². The Kier molecular flexibility index (Phi) is 4.40. The molecule has 0 saturated heterocycles. The molecule has 1 heterocycles. The summed E-state index contributed by atoms with van der Waals surface area (Å²) in [6.07, 6.45) is 0. The Bertz CT molecular complexity index is 1000. The van der Waals surface area contributed by atoms with Crippen molar-refractivity contribution in [1.29, 1.82) is 0 Å². The molecule has 0 amide bonds. The molecule has 132 valence electrons. The highest BCUT2D eigenvalue weighted by molar-refractivity contribution is 5.87. The predicted octanol–water partition coefficient (Wildman–Crippen LogP) is 2.98. The Hall–Kier alpha value is -3.69. The van der Waals surface area contributed by atoms with Gasteiger partial charge in [0.1, 0.15) is 17.5 Å². The molecule has 1 aromatic heterocycles. The standard InChI is InChI=1S/C16H10F2N4O4/c1-9-19-15(20-21(9)12-5-2-10(17)3-6-12)16(23)26-14-8-11(18)4-7-13(14)22(24)25/h2-8H,1H3. The van der Waals surface area contributed by atoms with Crippen LogP contribution >= 0.6 is 0 Å². The van der Waals surface area contributed by atoms with Crippen molar-refractivity contribution in [2.75, 3.05) is 0 Å². The van der Waals surface area contributed by atoms with Crippen LogP contribution in [0, 0.1) is 28.7 Å². The fourth-order valence-corrected chi connectivity index (χ4v) is 2.17. The van der Waals surface area contributed by atoms with Crippen LogP contribution in [0.3, 0.4) is 0 Å². The number of rotatable bonds is 4. The lowest BCUT2D eigenvalue weighted by Gasteiger charge is -2.03. The molecule has 0 bridgehead atoms. The van der Waals surface area contributed by atoms with Crippen molar-refractivity contribution in [2.45, 2.75) is 6.92 Å². The van der Waals surface area contributed by atoms with E-state index in [9.17, 15) is 23.7 Å². The van der Waals surface area contributed by atoms with Gasteiger partial charge in [0.05, 0.1) is 10.6 Å². The smallest absolute Gasteiger partial charge is 0.383 e. The van der Waals surface area contributed by atoms with Gasteiger partial charge in [0.2, 0.25) is 5.75 Å². The number of hydrogen-bond acceptors (Lipinski definition) is 6. The summed E-state index contributed by atoms with van der Waals surface area (Å²) in [6, 6.07) is 7.77. The van der Waals surface area contributed by atoms with Gasteiger partial charge in [0.15, 0.2) is 0 Å². The SMILES string of the molecule is Cc1nc(C(=O)Oc2cc(F)ccc2[N+](=O)[O-])nn1-c1ccc(F)cc1. The summed E-state index contributed by atoms with van der Waals surface area (Å²) in [4.78, 5) is 26.2. The van der Waals surface area contributed by atoms with Gasteiger partial charge < -0.3 is 4.74 Å². The van der Waals surface area contributed by atoms with E-state index in [4.69, 9.17) is 4.74 Å². The number of ether oxygens (including phenoxy) is 1. The molecule has 0 spiro atoms. The van der Waals surface area contributed by atoms with Gasteiger partial charge in [-0.3, -0.25) is 10.1 Å². The summed E-state index contributed by atoms with van der Waals surface area (Å²) < 4.78 is 32.5. The fourth-order valence-electron chi connectivity index (χ4n) is 2.17. The quantitative estimate of drug-likeness (QED) is 0.307. The van der Waals surface area contributed by atoms with Crippen LogP contribution < -0.4 is 4.74 Å². The summed E-state index contributed by atoms with van der Waals surface area (Å²) in [5, 5.41) is 14.9. The number of aryl methyl sites for hydroxylation is 1. The first-order valence-corrected chi connectivity index (χ1v) is 7.21. The van der Waals surface area contributed by atoms with Gasteiger partial charge in [-0.1, -0.05) is 0 Å². The number of nitro benzene ring substituents is 1. The third kappa shape index (κ3) is 3.38. The Morgan fingerprint density at radius 3 is 2.46 bits per heavy atom. The Balaban J connectivity index is 1.90. The van der Waals surface area contributed by atoms with Crippen LogP contribution in [-0.2, 0) is 0 Å². The molecule has 26 heavy (non-hydrogen) atoms. The number of nitrogens with zero attached hydrogens (tertiary/aromatic N) is 4. The summed E-state index contributed by atoms with van der Waals surface area (Å²) in [7, 11) is 0. The number of hydrogen-bond donors (Lipinski definition) is 0. The Morgan fingerprint density at radius 2 is 1.81 bits per heavy atom. The van der Waals surface area contributed by atoms with E-state index < -0.39 is 34.0 Å². The van der Waals surface area contributed by atoms with Crippen molar-refractivity contribution in [1.82, 2.24) is 14.8 Å². The Labute approximate surface area is 144 Å². The van der Waals surface area contributed by atoms with E-state index in [1.54, 1.807) is 6.92 Å². The van der Waals surface area contributed by atoms with Gasteiger partial charge in [-0.2, -0.15) is 0 Å². The van der Waals surface area contributed by atoms with Gasteiger partial charge in [-0.25, -0.2) is 23.2 Å². The summed E-state index contributed by atoms with van der Waals surface area (Å²) in [5.41, 5.74) is -0.123. The molecule has 0 aliphatic carbocycles. The maximum atomic E-state index is 13.3. The minimum absolute atomic E-state index is 0.303. The van der Waals surface area contributed by atoms with Gasteiger partial charge in [0, 0.05) is 12.1 Å². The van der Waals surface area contributed by atoms with E-state index >= 15 is 0 Å². The molecule has 2 aromatic carbocycles. The highest BCUT2D eigenvalue weighted by atomic mass is 19.1. The molecular formula is C16H10F2N4O4. The van der Waals surface area contributed by atoms with E-state index in [-0.39, 0.29) is 5.82 Å². The van der Waals surface area contributed by atoms with Crippen LogP contribution in [-0.4, -0.2) is 25.7 Å². The molecule has 0 N–H and O–H groups in total. The van der Waals surface area contributed by atoms with Crippen molar-refractivity contribution in [3.05, 3.63) is 75.9 Å². The van der Waals surface area contributed by atoms with Crippen LogP contribution in [0.2, 0.25) is 0 Å². The first-order valence-electron chi connectivity index (χ1n) is 7.21. The largest absolute Gasteiger partial charge is 0.413 e. The first-order chi connectivity index (χ1) is 12.3. The van der Waals surface area contributed by atoms with E-state index in [1.807, 2.05) is 0 Å². The Morgan fingerprint density at radius 1 is 1.15 bits per heavy atom. The number of halogens is 2. The lowest BCUT2D eigenvalue weighted by molar-refractivity contribution is -0.385. The molecular weight excluding hydrogens is 350 g/mol. The molecule has 0 aliphatic heterocycles. The number of esters is 1. The van der Waals surface area contributed by atoms with E-state index in [1.165, 1.54) is 28.9 Å². The van der Waals surface area contributed by atoms with Crippen LogP contribution in [0.4, 0.5) is 14.5 Å². The average molecular weight is 360 g/mol. The number of aromatic nitrogens is 3. The second-order valence-electron chi connectivity index (χ2n) is 5.13. The molecule has 0 radical (unpaired) electrons. The van der Waals surface area contributed by atoms with Crippen molar-refractivity contribution < 1.29 is 23.2 Å². The van der Waals surface area contributed by atoms with Gasteiger partial charge in [0.25, 0.3) is 5.82 Å². The van der Waals surface area contributed by atoms with Crippen molar-refractivity contribution >= 4 is 11.7 Å². The predicted molar refractivity (Wildman–Crippen MR) is 84.1 cm³/mol. The minimum Gasteiger partial charge on any atom is -0.413 e. The van der Waals surface area contributed by atoms with E-state index in [0.717, 1.165) is 18.2 Å². The second-order valence-corrected chi connectivity index (χ2v) is 5.13. The number of carbonyl (C=O) groups is 1. The monoisotopic (exact) mass is 360 g/mol. The first kappa shape index (κ1) is 17.1. The van der Waals surface area contributed by atoms with Crippen molar-refractivity contribution in [3.63, 3.8) is 0 Å². The molecule has 0 atom stereocenters. The van der Waals surface area contributed by atoms with E-state index in [2.05, 4.69) is 10.1 Å². The molecule has 8 nitrogen and oxygen atoms in total. The van der Waals surface area contributed by atoms with Crippen LogP contribution in [0.15, 0.2) is 42.5 Å². The topological polar surface area (TPSA) is 100 Å². The summed E-state index contributed by atoms with van der Waals surface area (Å²) in [5.74, 6) is -2.98. The fraction of sp³-hybridized carbons (Fsp3) is 0.0625. The van der Waals surface area contributed by atoms with E-state index in [0.29, 0.717) is 11.5 Å². The van der Waals surface area contributed by atoms with Crippen molar-refractivity contribution in [3.8, 4) is 11.4 Å². The lowest BCUT2D eigenvalue weighted by Crippen LogP contribution is -2.12. The molecule has 3 rings (SSSR count). The molecule has 0 saturated carbocycles. The zero-order chi connectivity index (χ0) is 18.8. The maximum absolute atomic E-state index is 13.3. The maximum Gasteiger partial charge on any atom is 0.383 e. The summed E-state index contributed by atoms with van der Waals surface area (Å²) in [6.45, 7) is 1.55. The summed E-state index contributed by atoms with van der Waals surface area (Å²) >= 11 is 0. The molecule has 3 aromatic rings. The second kappa shape index (κ2) is 6.67. The highest BCUT2D eigenvalue weighted by Gasteiger charge is 2.23. The van der Waals surface area contributed by atoms with Gasteiger partial charge in [-0.15, -0.1) is 5.10 Å². The molecule has 0 fully saturated rings. The number of nitro groups is 1. The zero-order valence-corrected chi connectivity index (χ0v) is 13.2.